The van der Waals surface area contributed by atoms with Crippen molar-refractivity contribution in [3.8, 4) is 0 Å². The number of halogens is 1. The fourth-order valence-electron chi connectivity index (χ4n) is 3.03. The van der Waals surface area contributed by atoms with Gasteiger partial charge < -0.3 is 9.80 Å². The average Bonchev–Trinajstić information content (AvgIpc) is 3.03. The predicted octanol–water partition coefficient (Wildman–Crippen LogP) is 1.48. The minimum atomic E-state index is 0.280. The van der Waals surface area contributed by atoms with Crippen molar-refractivity contribution >= 4 is 23.2 Å². The summed E-state index contributed by atoms with van der Waals surface area (Å²) in [7, 11) is 0. The van der Waals surface area contributed by atoms with Gasteiger partial charge in [-0.1, -0.05) is 11.6 Å². The quantitative estimate of drug-likeness (QED) is 0.848. The van der Waals surface area contributed by atoms with Crippen molar-refractivity contribution in [3.63, 3.8) is 0 Å². The van der Waals surface area contributed by atoms with Crippen LogP contribution in [0, 0.1) is 0 Å². The minimum Gasteiger partial charge on any atom is -0.368 e. The van der Waals surface area contributed by atoms with E-state index in [2.05, 4.69) is 14.8 Å². The summed E-state index contributed by atoms with van der Waals surface area (Å²) >= 11 is 6.19. The zero-order chi connectivity index (χ0) is 14.7. The summed E-state index contributed by atoms with van der Waals surface area (Å²) in [6.07, 6.45) is 5.75. The Morgan fingerprint density at radius 3 is 2.52 bits per heavy atom. The minimum absolute atomic E-state index is 0.280. The number of nitrogens with zero attached hydrogens (tertiary/aromatic N) is 4. The lowest BCUT2D eigenvalue weighted by Crippen LogP contribution is -2.50. The Labute approximate surface area is 130 Å². The van der Waals surface area contributed by atoms with Gasteiger partial charge in [-0.25, -0.2) is 0 Å². The molecule has 114 valence electrons. The maximum Gasteiger partial charge on any atom is 0.236 e. The number of carbonyl (C=O) groups is 1. The largest absolute Gasteiger partial charge is 0.368 e. The van der Waals surface area contributed by atoms with E-state index < -0.39 is 0 Å². The van der Waals surface area contributed by atoms with Crippen molar-refractivity contribution in [3.05, 3.63) is 23.5 Å². The van der Waals surface area contributed by atoms with Crippen LogP contribution < -0.4 is 4.90 Å². The summed E-state index contributed by atoms with van der Waals surface area (Å²) < 4.78 is 0. The van der Waals surface area contributed by atoms with E-state index in [0.717, 1.165) is 57.8 Å². The van der Waals surface area contributed by atoms with Crippen molar-refractivity contribution in [2.45, 2.75) is 12.8 Å². The molecule has 0 spiro atoms. The van der Waals surface area contributed by atoms with Crippen LogP contribution in [0.1, 0.15) is 12.8 Å². The lowest BCUT2D eigenvalue weighted by atomic mass is 10.2. The third-order valence-electron chi connectivity index (χ3n) is 4.28. The summed E-state index contributed by atoms with van der Waals surface area (Å²) in [6.45, 7) is 6.03. The van der Waals surface area contributed by atoms with E-state index in [0.29, 0.717) is 11.6 Å². The molecule has 0 radical (unpaired) electrons. The molecule has 0 bridgehead atoms. The van der Waals surface area contributed by atoms with E-state index in [1.165, 1.54) is 0 Å². The van der Waals surface area contributed by atoms with Crippen LogP contribution in [0.15, 0.2) is 18.5 Å². The highest BCUT2D eigenvalue weighted by atomic mass is 35.5. The van der Waals surface area contributed by atoms with Gasteiger partial charge in [-0.05, 0) is 18.9 Å². The molecule has 3 heterocycles. The van der Waals surface area contributed by atoms with Crippen LogP contribution >= 0.6 is 11.6 Å². The lowest BCUT2D eigenvalue weighted by Gasteiger charge is -2.36. The summed E-state index contributed by atoms with van der Waals surface area (Å²) in [5.74, 6) is 0.280. The zero-order valence-electron chi connectivity index (χ0n) is 12.2. The van der Waals surface area contributed by atoms with Gasteiger partial charge >= 0.3 is 0 Å². The molecule has 2 aliphatic heterocycles. The number of likely N-dealkylation sites (tertiary alicyclic amines) is 1. The van der Waals surface area contributed by atoms with E-state index in [1.54, 1.807) is 12.4 Å². The van der Waals surface area contributed by atoms with E-state index in [1.807, 2.05) is 11.0 Å². The number of piperazine rings is 1. The number of hydrogen-bond donors (Lipinski definition) is 0. The smallest absolute Gasteiger partial charge is 0.236 e. The van der Waals surface area contributed by atoms with E-state index in [-0.39, 0.29) is 5.91 Å². The van der Waals surface area contributed by atoms with Crippen molar-refractivity contribution in [1.82, 2.24) is 14.8 Å². The molecule has 3 rings (SSSR count). The Balaban J connectivity index is 1.51. The number of pyridine rings is 1. The molecule has 2 saturated heterocycles. The molecule has 2 fully saturated rings. The van der Waals surface area contributed by atoms with Crippen molar-refractivity contribution in [2.75, 3.05) is 50.7 Å². The molecular formula is C15H21ClN4O. The van der Waals surface area contributed by atoms with Crippen LogP contribution in [0.2, 0.25) is 5.02 Å². The monoisotopic (exact) mass is 308 g/mol. The molecule has 1 aromatic rings. The number of rotatable bonds is 3. The topological polar surface area (TPSA) is 39.7 Å². The van der Waals surface area contributed by atoms with Gasteiger partial charge in [-0.3, -0.25) is 14.7 Å². The van der Waals surface area contributed by atoms with Gasteiger partial charge in [0.1, 0.15) is 0 Å². The summed E-state index contributed by atoms with van der Waals surface area (Å²) in [5, 5.41) is 0.694. The normalized spacial score (nSPS) is 20.0. The predicted molar refractivity (Wildman–Crippen MR) is 83.7 cm³/mol. The van der Waals surface area contributed by atoms with Gasteiger partial charge in [0.15, 0.2) is 0 Å². The first kappa shape index (κ1) is 14.6. The van der Waals surface area contributed by atoms with Crippen molar-refractivity contribution < 1.29 is 4.79 Å². The van der Waals surface area contributed by atoms with Crippen LogP contribution in [-0.4, -0.2) is 66.5 Å². The van der Waals surface area contributed by atoms with Gasteiger partial charge in [-0.2, -0.15) is 0 Å². The van der Waals surface area contributed by atoms with Crippen LogP contribution in [0.4, 0.5) is 5.69 Å². The Bertz CT molecular complexity index is 496. The molecule has 0 unspecified atom stereocenters. The number of aromatic nitrogens is 1. The van der Waals surface area contributed by atoms with E-state index in [9.17, 15) is 4.79 Å². The Morgan fingerprint density at radius 1 is 1.14 bits per heavy atom. The van der Waals surface area contributed by atoms with Gasteiger partial charge in [0, 0.05) is 51.7 Å². The molecule has 0 saturated carbocycles. The lowest BCUT2D eigenvalue weighted by molar-refractivity contribution is -0.131. The Kier molecular flexibility index (Phi) is 4.60. The second kappa shape index (κ2) is 6.62. The van der Waals surface area contributed by atoms with Gasteiger partial charge in [-0.15, -0.1) is 0 Å². The van der Waals surface area contributed by atoms with E-state index in [4.69, 9.17) is 11.6 Å². The molecular weight excluding hydrogens is 288 g/mol. The van der Waals surface area contributed by atoms with Gasteiger partial charge in [0.2, 0.25) is 5.91 Å². The first-order valence-electron chi connectivity index (χ1n) is 7.58. The summed E-state index contributed by atoms with van der Waals surface area (Å²) in [6, 6.07) is 1.95. The average molecular weight is 309 g/mol. The van der Waals surface area contributed by atoms with Gasteiger partial charge in [0.25, 0.3) is 0 Å². The highest BCUT2D eigenvalue weighted by molar-refractivity contribution is 6.33. The molecule has 0 atom stereocenters. The molecule has 0 N–H and O–H groups in total. The number of hydrogen-bond acceptors (Lipinski definition) is 4. The Morgan fingerprint density at radius 2 is 1.86 bits per heavy atom. The van der Waals surface area contributed by atoms with Crippen LogP contribution in [0.3, 0.4) is 0 Å². The summed E-state index contributed by atoms with van der Waals surface area (Å²) in [5.41, 5.74) is 1.04. The second-order valence-electron chi connectivity index (χ2n) is 5.68. The second-order valence-corrected chi connectivity index (χ2v) is 6.09. The summed E-state index contributed by atoms with van der Waals surface area (Å²) in [4.78, 5) is 22.7. The van der Waals surface area contributed by atoms with E-state index >= 15 is 0 Å². The Hall–Kier alpha value is -1.33. The fourth-order valence-corrected chi connectivity index (χ4v) is 3.27. The first-order valence-corrected chi connectivity index (χ1v) is 7.96. The maximum absolute atomic E-state index is 12.2. The molecule has 1 aromatic heterocycles. The molecule has 2 aliphatic rings. The van der Waals surface area contributed by atoms with Crippen molar-refractivity contribution in [1.29, 1.82) is 0 Å². The standard InChI is InChI=1S/C15H21ClN4O/c16-13-11-17-4-3-14(13)19-9-7-18(8-10-19)12-15(21)20-5-1-2-6-20/h3-4,11H,1-2,5-10,12H2. The number of carbonyl (C=O) groups excluding carboxylic acids is 1. The molecule has 0 aliphatic carbocycles. The van der Waals surface area contributed by atoms with Crippen molar-refractivity contribution in [2.24, 2.45) is 0 Å². The highest BCUT2D eigenvalue weighted by Gasteiger charge is 2.24. The molecule has 6 heteroatoms. The van der Waals surface area contributed by atoms with Crippen LogP contribution in [-0.2, 0) is 4.79 Å². The van der Waals surface area contributed by atoms with Crippen LogP contribution in [0.5, 0.6) is 0 Å². The van der Waals surface area contributed by atoms with Gasteiger partial charge in [0.05, 0.1) is 17.3 Å². The maximum atomic E-state index is 12.2. The molecule has 21 heavy (non-hydrogen) atoms. The fraction of sp³-hybridized carbons (Fsp3) is 0.600. The molecule has 5 nitrogen and oxygen atoms in total. The number of amides is 1. The zero-order valence-corrected chi connectivity index (χ0v) is 12.9. The van der Waals surface area contributed by atoms with Crippen LogP contribution in [0.25, 0.3) is 0 Å². The first-order chi connectivity index (χ1) is 10.2. The third-order valence-corrected chi connectivity index (χ3v) is 4.57. The molecule has 1 amide bonds. The highest BCUT2D eigenvalue weighted by Crippen LogP contribution is 2.25. The SMILES string of the molecule is O=C(CN1CCN(c2ccncc2Cl)CC1)N1CCCC1. The molecule has 0 aromatic carbocycles. The number of anilines is 1. The third kappa shape index (κ3) is 3.47.